The van der Waals surface area contributed by atoms with Crippen molar-refractivity contribution in [3.8, 4) is 0 Å². The Morgan fingerprint density at radius 1 is 0.706 bits per heavy atom. The van der Waals surface area contributed by atoms with E-state index < -0.39 is 0 Å². The normalized spacial score (nSPS) is 10.2. The first-order valence-electron chi connectivity index (χ1n) is 7.16. The van der Waals surface area contributed by atoms with Gasteiger partial charge in [-0.15, -0.1) is 0 Å². The molecule has 0 aromatic carbocycles. The first-order chi connectivity index (χ1) is 8.18. The summed E-state index contributed by atoms with van der Waals surface area (Å²) in [5.41, 5.74) is 0. The van der Waals surface area contributed by atoms with Crippen LogP contribution in [0.4, 0.5) is 0 Å². The van der Waals surface area contributed by atoms with Gasteiger partial charge in [0.25, 0.3) is 0 Å². The van der Waals surface area contributed by atoms with E-state index in [1.54, 1.807) is 0 Å². The molecule has 0 saturated carbocycles. The zero-order valence-electron chi connectivity index (χ0n) is 11.7. The quantitative estimate of drug-likeness (QED) is 0.245. The van der Waals surface area contributed by atoms with Crippen molar-refractivity contribution in [1.82, 2.24) is 0 Å². The zero-order chi connectivity index (χ0) is 13.4. The average molecular weight is 297 g/mol. The van der Waals surface area contributed by atoms with E-state index in [1.165, 1.54) is 57.8 Å². The van der Waals surface area contributed by atoms with Crippen molar-refractivity contribution in [2.45, 2.75) is 82.6 Å². The minimum Gasteiger partial charge on any atom is -0.179 e. The minimum absolute atomic E-state index is 0.293. The largest absolute Gasteiger partial charge is 0.179 e. The summed E-state index contributed by atoms with van der Waals surface area (Å²) in [6.07, 6.45) is 13.3. The van der Waals surface area contributed by atoms with E-state index in [4.69, 9.17) is 0 Å². The number of rotatable bonds is 10. The average Bonchev–Trinajstić information content (AvgIpc) is 2.30. The third kappa shape index (κ3) is 26.6. The van der Waals surface area contributed by atoms with Gasteiger partial charge in [0, 0.05) is 4.58 Å². The summed E-state index contributed by atoms with van der Waals surface area (Å²) in [5, 5.41) is 0. The van der Waals surface area contributed by atoms with Crippen LogP contribution in [0.25, 0.3) is 0 Å². The summed E-state index contributed by atoms with van der Waals surface area (Å²) in [5.74, 6) is 1.06. The van der Waals surface area contributed by atoms with Crippen molar-refractivity contribution >= 4 is 37.9 Å². The second-order valence-electron chi connectivity index (χ2n) is 4.47. The predicted molar refractivity (Wildman–Crippen MR) is 93.1 cm³/mol. The second kappa shape index (κ2) is 19.4. The van der Waals surface area contributed by atoms with Gasteiger partial charge in [-0.1, -0.05) is 65.2 Å². The van der Waals surface area contributed by atoms with Gasteiger partial charge in [0.2, 0.25) is 0 Å². The standard InChI is InChI=1S/C8H18S.C6H14S2/c1-2-3-4-5-6-7-8-9;1-2-3-4-5-6(7)8/h9H,2-8H2,1H3;6-8H,2-5H2,1H3. The van der Waals surface area contributed by atoms with Crippen molar-refractivity contribution < 1.29 is 0 Å². The minimum atomic E-state index is 0.293. The maximum Gasteiger partial charge on any atom is 0.0442 e. The Morgan fingerprint density at radius 2 is 1.18 bits per heavy atom. The van der Waals surface area contributed by atoms with Crippen molar-refractivity contribution in [1.29, 1.82) is 0 Å². The van der Waals surface area contributed by atoms with Crippen LogP contribution in [0.3, 0.4) is 0 Å². The van der Waals surface area contributed by atoms with Crippen LogP contribution in [-0.2, 0) is 0 Å². The molecule has 106 valence electrons. The fourth-order valence-electron chi connectivity index (χ4n) is 1.47. The van der Waals surface area contributed by atoms with Crippen molar-refractivity contribution in [3.05, 3.63) is 0 Å². The van der Waals surface area contributed by atoms with Crippen LogP contribution >= 0.6 is 37.9 Å². The van der Waals surface area contributed by atoms with Crippen LogP contribution in [0.5, 0.6) is 0 Å². The molecule has 0 spiro atoms. The van der Waals surface area contributed by atoms with Crippen molar-refractivity contribution in [3.63, 3.8) is 0 Å². The third-order valence-corrected chi connectivity index (χ3v) is 3.41. The Morgan fingerprint density at radius 3 is 1.65 bits per heavy atom. The Kier molecular flexibility index (Phi) is 23.2. The maximum absolute atomic E-state index is 4.15. The summed E-state index contributed by atoms with van der Waals surface area (Å²) in [7, 11) is 0. The lowest BCUT2D eigenvalue weighted by atomic mass is 10.1. The molecule has 17 heavy (non-hydrogen) atoms. The molecule has 0 radical (unpaired) electrons. The molecule has 0 unspecified atom stereocenters. The van der Waals surface area contributed by atoms with E-state index in [0.717, 1.165) is 12.2 Å². The molecule has 0 fully saturated rings. The van der Waals surface area contributed by atoms with E-state index in [-0.39, 0.29) is 0 Å². The summed E-state index contributed by atoms with van der Waals surface area (Å²) >= 11 is 12.4. The smallest absolute Gasteiger partial charge is 0.0442 e. The van der Waals surface area contributed by atoms with Gasteiger partial charge in [-0.25, -0.2) is 0 Å². The van der Waals surface area contributed by atoms with Crippen LogP contribution in [-0.4, -0.2) is 10.3 Å². The molecule has 0 N–H and O–H groups in total. The Bertz CT molecular complexity index is 110. The second-order valence-corrected chi connectivity index (χ2v) is 6.57. The highest BCUT2D eigenvalue weighted by molar-refractivity contribution is 7.99. The van der Waals surface area contributed by atoms with Gasteiger partial charge in [0.1, 0.15) is 0 Å². The SMILES string of the molecule is CCCCCC(S)S.CCCCCCCCS. The molecule has 0 aromatic rings. The third-order valence-electron chi connectivity index (χ3n) is 2.58. The highest BCUT2D eigenvalue weighted by Crippen LogP contribution is 2.10. The van der Waals surface area contributed by atoms with Crippen LogP contribution in [0.15, 0.2) is 0 Å². The molecule has 0 nitrogen and oxygen atoms in total. The van der Waals surface area contributed by atoms with Gasteiger partial charge < -0.3 is 0 Å². The maximum atomic E-state index is 4.15. The van der Waals surface area contributed by atoms with E-state index in [1.807, 2.05) is 0 Å². The highest BCUT2D eigenvalue weighted by atomic mass is 32.2. The predicted octanol–water partition coefficient (Wildman–Crippen LogP) is 6.03. The monoisotopic (exact) mass is 296 g/mol. The van der Waals surface area contributed by atoms with Crippen molar-refractivity contribution in [2.75, 3.05) is 5.75 Å². The van der Waals surface area contributed by atoms with E-state index in [9.17, 15) is 0 Å². The van der Waals surface area contributed by atoms with E-state index >= 15 is 0 Å². The molecule has 3 heteroatoms. The molecule has 0 aromatic heterocycles. The number of hydrogen-bond acceptors (Lipinski definition) is 3. The van der Waals surface area contributed by atoms with Crippen LogP contribution in [0.1, 0.15) is 78.1 Å². The van der Waals surface area contributed by atoms with E-state index in [2.05, 4.69) is 51.7 Å². The first kappa shape index (κ1) is 20.4. The van der Waals surface area contributed by atoms with Crippen LogP contribution in [0, 0.1) is 0 Å². The summed E-state index contributed by atoms with van der Waals surface area (Å²) in [6, 6.07) is 0. The molecule has 0 bridgehead atoms. The molecular weight excluding hydrogens is 264 g/mol. The Balaban J connectivity index is 0. The van der Waals surface area contributed by atoms with Gasteiger partial charge in [-0.05, 0) is 18.6 Å². The molecule has 0 saturated heterocycles. The first-order valence-corrected chi connectivity index (χ1v) is 8.82. The summed E-state index contributed by atoms with van der Waals surface area (Å²) in [4.78, 5) is 0. The topological polar surface area (TPSA) is 0 Å². The lowest BCUT2D eigenvalue weighted by molar-refractivity contribution is 0.627. The number of thiol groups is 3. The Labute approximate surface area is 126 Å². The molecular formula is C14H32S3. The van der Waals surface area contributed by atoms with Crippen LogP contribution in [0.2, 0.25) is 0 Å². The highest BCUT2D eigenvalue weighted by Gasteiger charge is 1.92. The molecule has 0 amide bonds. The lowest BCUT2D eigenvalue weighted by Gasteiger charge is -1.99. The number of unbranched alkanes of at least 4 members (excludes halogenated alkanes) is 7. The summed E-state index contributed by atoms with van der Waals surface area (Å²) in [6.45, 7) is 4.45. The van der Waals surface area contributed by atoms with E-state index in [0.29, 0.717) is 4.58 Å². The van der Waals surface area contributed by atoms with Crippen molar-refractivity contribution in [2.24, 2.45) is 0 Å². The molecule has 0 aliphatic rings. The van der Waals surface area contributed by atoms with Gasteiger partial charge >= 0.3 is 0 Å². The molecule has 0 atom stereocenters. The molecule has 0 heterocycles. The summed E-state index contributed by atoms with van der Waals surface area (Å²) < 4.78 is 0.293. The lowest BCUT2D eigenvalue weighted by Crippen LogP contribution is -1.85. The zero-order valence-corrected chi connectivity index (χ0v) is 14.4. The fourth-order valence-corrected chi connectivity index (χ4v) is 2.06. The van der Waals surface area contributed by atoms with Gasteiger partial charge in [-0.3, -0.25) is 0 Å². The van der Waals surface area contributed by atoms with Gasteiger partial charge in [-0.2, -0.15) is 37.9 Å². The van der Waals surface area contributed by atoms with Gasteiger partial charge in [0.05, 0.1) is 0 Å². The van der Waals surface area contributed by atoms with Gasteiger partial charge in [0.15, 0.2) is 0 Å². The molecule has 0 aliphatic carbocycles. The Hall–Kier alpha value is 1.05. The molecule has 0 aliphatic heterocycles. The molecule has 0 rings (SSSR count). The van der Waals surface area contributed by atoms with Crippen LogP contribution < -0.4 is 0 Å². The fraction of sp³-hybridized carbons (Fsp3) is 1.00. The number of hydrogen-bond donors (Lipinski definition) is 3.